The second kappa shape index (κ2) is 4.55. The summed E-state index contributed by atoms with van der Waals surface area (Å²) in [6.07, 6.45) is 5.36. The highest BCUT2D eigenvalue weighted by molar-refractivity contribution is 5.13. The third kappa shape index (κ3) is 2.13. The van der Waals surface area contributed by atoms with E-state index < -0.39 is 5.60 Å². The molecule has 4 heteroatoms. The molecular weight excluding hydrogens is 204 g/mol. The number of ether oxygens (including phenoxy) is 1. The fourth-order valence-electron chi connectivity index (χ4n) is 2.50. The smallest absolute Gasteiger partial charge is 0.111 e. The standard InChI is InChI=1S/C12H20N2O2/c1-3-4-10-9-12(15,6-8-16-10)11-5-7-13-14(11)2/h5,7,10,15H,3-4,6,8-9H2,1-2H3. The summed E-state index contributed by atoms with van der Waals surface area (Å²) in [5.41, 5.74) is 0.139. The van der Waals surface area contributed by atoms with E-state index in [9.17, 15) is 5.11 Å². The monoisotopic (exact) mass is 224 g/mol. The van der Waals surface area contributed by atoms with Gasteiger partial charge >= 0.3 is 0 Å². The maximum absolute atomic E-state index is 10.7. The average molecular weight is 224 g/mol. The van der Waals surface area contributed by atoms with Gasteiger partial charge in [0.15, 0.2) is 0 Å². The lowest BCUT2D eigenvalue weighted by Gasteiger charge is -2.36. The first-order chi connectivity index (χ1) is 7.65. The first kappa shape index (κ1) is 11.6. The molecule has 2 unspecified atom stereocenters. The van der Waals surface area contributed by atoms with Crippen molar-refractivity contribution < 1.29 is 9.84 Å². The lowest BCUT2D eigenvalue weighted by Crippen LogP contribution is -2.39. The summed E-state index contributed by atoms with van der Waals surface area (Å²) in [5.74, 6) is 0. The van der Waals surface area contributed by atoms with Crippen molar-refractivity contribution in [2.75, 3.05) is 6.61 Å². The molecule has 1 aliphatic rings. The minimum absolute atomic E-state index is 0.179. The Morgan fingerprint density at radius 2 is 2.50 bits per heavy atom. The van der Waals surface area contributed by atoms with E-state index in [-0.39, 0.29) is 6.10 Å². The quantitative estimate of drug-likeness (QED) is 0.848. The first-order valence-electron chi connectivity index (χ1n) is 5.98. The lowest BCUT2D eigenvalue weighted by molar-refractivity contribution is -0.113. The molecule has 0 amide bonds. The zero-order chi connectivity index (χ0) is 11.6. The van der Waals surface area contributed by atoms with Crippen molar-refractivity contribution in [1.82, 2.24) is 9.78 Å². The van der Waals surface area contributed by atoms with Crippen LogP contribution in [0, 0.1) is 0 Å². The van der Waals surface area contributed by atoms with Crippen molar-refractivity contribution in [2.24, 2.45) is 7.05 Å². The van der Waals surface area contributed by atoms with Crippen LogP contribution in [-0.4, -0.2) is 27.6 Å². The van der Waals surface area contributed by atoms with Gasteiger partial charge in [-0.3, -0.25) is 4.68 Å². The minimum atomic E-state index is -0.761. The largest absolute Gasteiger partial charge is 0.383 e. The summed E-state index contributed by atoms with van der Waals surface area (Å²) < 4.78 is 7.42. The number of aromatic nitrogens is 2. The zero-order valence-corrected chi connectivity index (χ0v) is 10.0. The molecule has 4 nitrogen and oxygen atoms in total. The van der Waals surface area contributed by atoms with Gasteiger partial charge in [-0.05, 0) is 12.5 Å². The van der Waals surface area contributed by atoms with Crippen LogP contribution in [0.5, 0.6) is 0 Å². The summed E-state index contributed by atoms with van der Waals surface area (Å²) in [4.78, 5) is 0. The van der Waals surface area contributed by atoms with Crippen molar-refractivity contribution in [3.63, 3.8) is 0 Å². The van der Waals surface area contributed by atoms with Crippen LogP contribution in [-0.2, 0) is 17.4 Å². The highest BCUT2D eigenvalue weighted by atomic mass is 16.5. The molecule has 0 aliphatic carbocycles. The summed E-state index contributed by atoms with van der Waals surface area (Å²) in [6.45, 7) is 2.77. The molecule has 2 rings (SSSR count). The van der Waals surface area contributed by atoms with Crippen molar-refractivity contribution >= 4 is 0 Å². The van der Waals surface area contributed by atoms with E-state index in [1.807, 2.05) is 13.1 Å². The van der Waals surface area contributed by atoms with Gasteiger partial charge in [-0.15, -0.1) is 0 Å². The second-order valence-electron chi connectivity index (χ2n) is 4.61. The van der Waals surface area contributed by atoms with Gasteiger partial charge in [0, 0.05) is 26.1 Å². The molecule has 1 fully saturated rings. The lowest BCUT2D eigenvalue weighted by atomic mass is 9.86. The van der Waals surface area contributed by atoms with E-state index in [4.69, 9.17) is 4.74 Å². The molecule has 90 valence electrons. The Balaban J connectivity index is 2.15. The van der Waals surface area contributed by atoms with E-state index in [0.717, 1.165) is 18.5 Å². The molecule has 0 bridgehead atoms. The summed E-state index contributed by atoms with van der Waals surface area (Å²) in [6, 6.07) is 1.90. The number of aliphatic hydroxyl groups is 1. The average Bonchev–Trinajstić information content (AvgIpc) is 2.66. The Morgan fingerprint density at radius 3 is 3.12 bits per heavy atom. The maximum atomic E-state index is 10.7. The molecule has 1 saturated heterocycles. The van der Waals surface area contributed by atoms with E-state index in [0.29, 0.717) is 19.4 Å². The fourth-order valence-corrected chi connectivity index (χ4v) is 2.50. The number of hydrogen-bond donors (Lipinski definition) is 1. The Bertz CT molecular complexity index is 349. The van der Waals surface area contributed by atoms with Crippen LogP contribution >= 0.6 is 0 Å². The van der Waals surface area contributed by atoms with Gasteiger partial charge in [0.25, 0.3) is 0 Å². The van der Waals surface area contributed by atoms with Crippen LogP contribution in [0.25, 0.3) is 0 Å². The summed E-state index contributed by atoms with van der Waals surface area (Å²) >= 11 is 0. The molecule has 0 aromatic carbocycles. The van der Waals surface area contributed by atoms with E-state index >= 15 is 0 Å². The van der Waals surface area contributed by atoms with Crippen molar-refractivity contribution in [3.05, 3.63) is 18.0 Å². The molecule has 2 atom stereocenters. The molecular formula is C12H20N2O2. The van der Waals surface area contributed by atoms with Crippen LogP contribution in [0.2, 0.25) is 0 Å². The Kier molecular flexibility index (Phi) is 3.30. The van der Waals surface area contributed by atoms with Gasteiger partial charge in [-0.25, -0.2) is 0 Å². The van der Waals surface area contributed by atoms with Gasteiger partial charge in [0.2, 0.25) is 0 Å². The summed E-state index contributed by atoms with van der Waals surface area (Å²) in [7, 11) is 1.87. The second-order valence-corrected chi connectivity index (χ2v) is 4.61. The molecule has 1 aromatic heterocycles. The predicted molar refractivity (Wildman–Crippen MR) is 61.0 cm³/mol. The molecule has 16 heavy (non-hydrogen) atoms. The van der Waals surface area contributed by atoms with Crippen LogP contribution in [0.15, 0.2) is 12.3 Å². The van der Waals surface area contributed by atoms with Gasteiger partial charge in [0.1, 0.15) is 5.60 Å². The topological polar surface area (TPSA) is 47.3 Å². The maximum Gasteiger partial charge on any atom is 0.111 e. The Morgan fingerprint density at radius 1 is 1.69 bits per heavy atom. The van der Waals surface area contributed by atoms with Crippen LogP contribution in [0.3, 0.4) is 0 Å². The van der Waals surface area contributed by atoms with Crippen LogP contribution in [0.4, 0.5) is 0 Å². The van der Waals surface area contributed by atoms with Crippen LogP contribution < -0.4 is 0 Å². The third-order valence-corrected chi connectivity index (χ3v) is 3.34. The molecule has 2 heterocycles. The zero-order valence-electron chi connectivity index (χ0n) is 10.0. The predicted octanol–water partition coefficient (Wildman–Crippen LogP) is 1.59. The van der Waals surface area contributed by atoms with Crippen LogP contribution in [0.1, 0.15) is 38.3 Å². The molecule has 1 N–H and O–H groups in total. The normalized spacial score (nSPS) is 30.6. The number of hydrogen-bond acceptors (Lipinski definition) is 3. The first-order valence-corrected chi connectivity index (χ1v) is 5.98. The molecule has 0 spiro atoms. The summed E-state index contributed by atoms with van der Waals surface area (Å²) in [5, 5.41) is 14.8. The number of rotatable bonds is 3. The fraction of sp³-hybridized carbons (Fsp3) is 0.750. The van der Waals surface area contributed by atoms with E-state index in [1.165, 1.54) is 0 Å². The minimum Gasteiger partial charge on any atom is -0.383 e. The van der Waals surface area contributed by atoms with Crippen molar-refractivity contribution in [1.29, 1.82) is 0 Å². The molecule has 0 radical (unpaired) electrons. The Hall–Kier alpha value is -0.870. The Labute approximate surface area is 96.2 Å². The van der Waals surface area contributed by atoms with E-state index in [2.05, 4.69) is 12.0 Å². The van der Waals surface area contributed by atoms with Gasteiger partial charge < -0.3 is 9.84 Å². The number of aryl methyl sites for hydroxylation is 1. The third-order valence-electron chi connectivity index (χ3n) is 3.34. The van der Waals surface area contributed by atoms with Crippen molar-refractivity contribution in [2.45, 2.75) is 44.3 Å². The SMILES string of the molecule is CCCC1CC(O)(c2ccnn2C)CCO1. The molecule has 1 aromatic rings. The number of nitrogens with zero attached hydrogens (tertiary/aromatic N) is 2. The van der Waals surface area contributed by atoms with Gasteiger partial charge in [-0.2, -0.15) is 5.10 Å². The van der Waals surface area contributed by atoms with E-state index in [1.54, 1.807) is 10.9 Å². The molecule has 1 aliphatic heterocycles. The molecule has 0 saturated carbocycles. The van der Waals surface area contributed by atoms with Gasteiger partial charge in [0.05, 0.1) is 18.4 Å². The van der Waals surface area contributed by atoms with Crippen molar-refractivity contribution in [3.8, 4) is 0 Å². The highest BCUT2D eigenvalue weighted by Crippen LogP contribution is 2.35. The van der Waals surface area contributed by atoms with Gasteiger partial charge in [-0.1, -0.05) is 13.3 Å². The highest BCUT2D eigenvalue weighted by Gasteiger charge is 2.38.